The van der Waals surface area contributed by atoms with Crippen LogP contribution < -0.4 is 19.3 Å². The van der Waals surface area contributed by atoms with Crippen molar-refractivity contribution in [3.63, 3.8) is 0 Å². The molecule has 0 radical (unpaired) electrons. The Balaban J connectivity index is 0.000000290. The van der Waals surface area contributed by atoms with E-state index in [0.717, 1.165) is 58.5 Å². The third kappa shape index (κ3) is 24.5. The Morgan fingerprint density at radius 2 is 0.539 bits per heavy atom. The van der Waals surface area contributed by atoms with Gasteiger partial charge in [0.15, 0.2) is 0 Å². The summed E-state index contributed by atoms with van der Waals surface area (Å²) >= 11 is 0. The summed E-state index contributed by atoms with van der Waals surface area (Å²) in [6.45, 7) is 13.3. The lowest BCUT2D eigenvalue weighted by atomic mass is 10.0. The zero-order valence-electron chi connectivity index (χ0n) is 46.0. The van der Waals surface area contributed by atoms with Crippen LogP contribution in [0.3, 0.4) is 0 Å². The average molecular weight is 1040 g/mol. The van der Waals surface area contributed by atoms with Crippen LogP contribution in [0.25, 0.3) is 0 Å². The summed E-state index contributed by atoms with van der Waals surface area (Å²) in [5.41, 5.74) is 9.49. The van der Waals surface area contributed by atoms with Crippen LogP contribution in [0.1, 0.15) is 63.5 Å². The van der Waals surface area contributed by atoms with Crippen LogP contribution >= 0.6 is 0 Å². The molecule has 6 aromatic rings. The molecule has 6 rings (SSSR count). The van der Waals surface area contributed by atoms with E-state index >= 15 is 0 Å². The molecule has 0 aliphatic carbocycles. The van der Waals surface area contributed by atoms with Gasteiger partial charge in [-0.15, -0.1) is 0 Å². The highest BCUT2D eigenvalue weighted by atomic mass is 16.6. The lowest BCUT2D eigenvalue weighted by Gasteiger charge is -2.26. The van der Waals surface area contributed by atoms with Gasteiger partial charge >= 0.3 is 0 Å². The van der Waals surface area contributed by atoms with Gasteiger partial charge in [-0.05, 0) is 134 Å². The topological polar surface area (TPSA) is 98.8 Å². The number of para-hydroxylation sites is 2. The van der Waals surface area contributed by atoms with Crippen molar-refractivity contribution in [1.29, 1.82) is 0 Å². The first kappa shape index (κ1) is 61.1. The molecule has 0 saturated carbocycles. The van der Waals surface area contributed by atoms with Gasteiger partial charge in [0.25, 0.3) is 0 Å². The van der Waals surface area contributed by atoms with Crippen molar-refractivity contribution < 1.29 is 47.4 Å². The van der Waals surface area contributed by atoms with E-state index in [-0.39, 0.29) is 0 Å². The summed E-state index contributed by atoms with van der Waals surface area (Å²) in [7, 11) is 3.32. The summed E-state index contributed by atoms with van der Waals surface area (Å²) in [6.07, 6.45) is 9.79. The first-order valence-corrected chi connectivity index (χ1v) is 27.4. The maximum atomic E-state index is 5.94. The van der Waals surface area contributed by atoms with Crippen LogP contribution in [-0.2, 0) is 50.7 Å². The van der Waals surface area contributed by atoms with Gasteiger partial charge in [0.05, 0.1) is 92.5 Å². The predicted molar refractivity (Wildman–Crippen MR) is 308 cm³/mol. The second kappa shape index (κ2) is 39.6. The quantitative estimate of drug-likeness (QED) is 0.0343. The molecule has 0 saturated heterocycles. The van der Waals surface area contributed by atoms with E-state index in [1.54, 1.807) is 14.2 Å². The second-order valence-corrected chi connectivity index (χ2v) is 17.9. The Kier molecular flexibility index (Phi) is 31.8. The largest absolute Gasteiger partial charge is 0.491 e. The van der Waals surface area contributed by atoms with E-state index in [2.05, 4.69) is 121 Å². The first-order chi connectivity index (χ1) is 37.6. The highest BCUT2D eigenvalue weighted by Gasteiger charge is 2.14. The number of ether oxygens (including phenoxy) is 10. The van der Waals surface area contributed by atoms with Gasteiger partial charge in [0.2, 0.25) is 0 Å². The molecule has 12 nitrogen and oxygen atoms in total. The second-order valence-electron chi connectivity index (χ2n) is 17.9. The molecule has 0 spiro atoms. The van der Waals surface area contributed by atoms with E-state index in [4.69, 9.17) is 47.4 Å². The van der Waals surface area contributed by atoms with Crippen LogP contribution in [-0.4, -0.2) is 120 Å². The Bertz CT molecular complexity index is 2190. The van der Waals surface area contributed by atoms with E-state index in [1.165, 1.54) is 49.7 Å². The lowest BCUT2D eigenvalue weighted by Crippen LogP contribution is -2.13. The number of aryl methyl sites for hydroxylation is 2. The zero-order chi connectivity index (χ0) is 53.4. The highest BCUT2D eigenvalue weighted by Crippen LogP contribution is 2.37. The lowest BCUT2D eigenvalue weighted by molar-refractivity contribution is 0.000164. The van der Waals surface area contributed by atoms with Crippen LogP contribution in [0.2, 0.25) is 0 Å². The van der Waals surface area contributed by atoms with Gasteiger partial charge in [-0.25, -0.2) is 0 Å². The minimum atomic E-state index is 0.487. The van der Waals surface area contributed by atoms with Gasteiger partial charge < -0.3 is 57.2 Å². The third-order valence-corrected chi connectivity index (χ3v) is 12.1. The SMILES string of the molecule is CCCCCc1ccc(N(c2ccc(CCCCC)cc2)c2ccc(OCCOCCOCCOCCOC)cc2)cc1.COCCOCCOCCOCCOc1ccc(N(c2ccccc2)c2ccccc2)cc1. The minimum absolute atomic E-state index is 0.487. The number of methoxy groups -OCH3 is 2. The number of unbranched alkanes of at least 4 members (excludes halogenated alkanes) is 4. The number of hydrogen-bond acceptors (Lipinski definition) is 12. The Hall–Kier alpha value is -5.80. The van der Waals surface area contributed by atoms with Crippen molar-refractivity contribution in [1.82, 2.24) is 0 Å². The molecule has 412 valence electrons. The fraction of sp³-hybridized carbons (Fsp3) is 0.438. The molecule has 0 unspecified atom stereocenters. The summed E-state index contributed by atoms with van der Waals surface area (Å²) in [6, 6.07) is 55.2. The Labute approximate surface area is 455 Å². The van der Waals surface area contributed by atoms with Crippen molar-refractivity contribution in [2.45, 2.75) is 65.2 Å². The normalized spacial score (nSPS) is 11.0. The molecule has 0 N–H and O–H groups in total. The van der Waals surface area contributed by atoms with Crippen molar-refractivity contribution in [2.75, 3.05) is 130 Å². The Morgan fingerprint density at radius 3 is 0.829 bits per heavy atom. The van der Waals surface area contributed by atoms with E-state index in [1.807, 2.05) is 60.7 Å². The van der Waals surface area contributed by atoms with Crippen molar-refractivity contribution in [2.24, 2.45) is 0 Å². The zero-order valence-corrected chi connectivity index (χ0v) is 46.0. The maximum Gasteiger partial charge on any atom is 0.119 e. The van der Waals surface area contributed by atoms with Crippen molar-refractivity contribution in [3.8, 4) is 11.5 Å². The molecule has 0 aliphatic heterocycles. The van der Waals surface area contributed by atoms with Crippen molar-refractivity contribution >= 4 is 34.1 Å². The standard InChI is InChI=1S/C37H53NO5.C27H33NO5/c1-4-6-8-10-32-12-16-34(17-13-32)38(35-18-14-33(15-19-35)11-9-7-5-2)36-20-22-37(23-21-36)43-31-30-42-29-28-41-27-26-40-25-24-39-3;1-29-16-17-30-18-19-31-20-21-32-22-23-33-27-14-12-26(13-15-27)28(24-8-4-2-5-9-24)25-10-6-3-7-11-25/h12-23H,4-11,24-31H2,1-3H3;2-15H,16-23H2,1H3. The molecule has 0 heterocycles. The van der Waals surface area contributed by atoms with Crippen LogP contribution in [0.5, 0.6) is 11.5 Å². The fourth-order valence-electron chi connectivity index (χ4n) is 8.02. The van der Waals surface area contributed by atoms with Gasteiger partial charge in [0.1, 0.15) is 24.7 Å². The molecular weight excluding hydrogens is 957 g/mol. The van der Waals surface area contributed by atoms with Gasteiger partial charge in [-0.2, -0.15) is 0 Å². The van der Waals surface area contributed by atoms with Gasteiger partial charge in [-0.1, -0.05) is 100 Å². The number of rotatable bonds is 40. The van der Waals surface area contributed by atoms with E-state index in [9.17, 15) is 0 Å². The Morgan fingerprint density at radius 1 is 0.276 bits per heavy atom. The number of anilines is 6. The molecule has 0 amide bonds. The summed E-state index contributed by atoms with van der Waals surface area (Å²) < 4.78 is 54.5. The summed E-state index contributed by atoms with van der Waals surface area (Å²) in [4.78, 5) is 4.54. The average Bonchev–Trinajstić information content (AvgIpc) is 3.46. The van der Waals surface area contributed by atoms with Crippen molar-refractivity contribution in [3.05, 3.63) is 169 Å². The molecule has 76 heavy (non-hydrogen) atoms. The van der Waals surface area contributed by atoms with E-state index in [0.29, 0.717) is 106 Å². The molecule has 0 atom stereocenters. The maximum absolute atomic E-state index is 5.94. The smallest absolute Gasteiger partial charge is 0.119 e. The van der Waals surface area contributed by atoms with E-state index < -0.39 is 0 Å². The molecule has 12 heteroatoms. The molecule has 6 aromatic carbocycles. The van der Waals surface area contributed by atoms with Crippen LogP contribution in [0.15, 0.2) is 158 Å². The monoisotopic (exact) mass is 1040 g/mol. The predicted octanol–water partition coefficient (Wildman–Crippen LogP) is 13.9. The number of benzene rings is 6. The van der Waals surface area contributed by atoms with Crippen LogP contribution in [0.4, 0.5) is 34.1 Å². The minimum Gasteiger partial charge on any atom is -0.491 e. The number of hydrogen-bond donors (Lipinski definition) is 0. The van der Waals surface area contributed by atoms with Gasteiger partial charge in [0, 0.05) is 48.3 Å². The number of nitrogens with zero attached hydrogens (tertiary/aromatic N) is 2. The molecule has 0 bridgehead atoms. The fourth-order valence-corrected chi connectivity index (χ4v) is 8.02. The molecule has 0 aromatic heterocycles. The van der Waals surface area contributed by atoms with Gasteiger partial charge in [-0.3, -0.25) is 0 Å². The summed E-state index contributed by atoms with van der Waals surface area (Å²) in [5, 5.41) is 0. The van der Waals surface area contributed by atoms with Crippen LogP contribution in [0, 0.1) is 0 Å². The molecular formula is C64H86N2O10. The molecule has 0 aliphatic rings. The first-order valence-electron chi connectivity index (χ1n) is 27.4. The third-order valence-electron chi connectivity index (χ3n) is 12.1. The highest BCUT2D eigenvalue weighted by molar-refractivity contribution is 5.78. The molecule has 0 fully saturated rings. The summed E-state index contributed by atoms with van der Waals surface area (Å²) in [5.74, 6) is 1.64.